The first-order valence-corrected chi connectivity index (χ1v) is 14.8. The van der Waals surface area contributed by atoms with E-state index in [1.807, 2.05) is 18.7 Å². The number of piperidine rings is 1. The number of rotatable bonds is 7. The number of carbonyl (C=O) groups excluding carboxylic acids is 1. The highest BCUT2D eigenvalue weighted by atomic mass is 19.4. The highest BCUT2D eigenvalue weighted by Gasteiger charge is 2.45. The summed E-state index contributed by atoms with van der Waals surface area (Å²) in [5.41, 5.74) is 3.00. The van der Waals surface area contributed by atoms with Gasteiger partial charge < -0.3 is 14.4 Å². The third-order valence-electron chi connectivity index (χ3n) is 9.55. The molecule has 230 valence electrons. The van der Waals surface area contributed by atoms with Crippen LogP contribution in [0.4, 0.5) is 13.2 Å². The lowest BCUT2D eigenvalue weighted by Gasteiger charge is -2.53. The van der Waals surface area contributed by atoms with Crippen LogP contribution in [-0.2, 0) is 22.1 Å². The summed E-state index contributed by atoms with van der Waals surface area (Å²) >= 11 is 0. The van der Waals surface area contributed by atoms with Gasteiger partial charge in [-0.2, -0.15) is 13.2 Å². The van der Waals surface area contributed by atoms with Gasteiger partial charge in [0.1, 0.15) is 6.33 Å². The van der Waals surface area contributed by atoms with Crippen LogP contribution in [0, 0.1) is 13.8 Å². The van der Waals surface area contributed by atoms with Crippen molar-refractivity contribution in [1.29, 1.82) is 0 Å². The van der Waals surface area contributed by atoms with Crippen molar-refractivity contribution in [2.45, 2.75) is 76.9 Å². The molecule has 0 unspecified atom stereocenters. The Kier molecular flexibility index (Phi) is 8.95. The number of methoxy groups -OCH3 is 1. The van der Waals surface area contributed by atoms with Crippen molar-refractivity contribution in [3.05, 3.63) is 58.2 Å². The minimum absolute atomic E-state index is 0.000989. The van der Waals surface area contributed by atoms with Crippen molar-refractivity contribution < 1.29 is 27.4 Å². The van der Waals surface area contributed by atoms with Crippen LogP contribution in [-0.4, -0.2) is 101 Å². The van der Waals surface area contributed by atoms with E-state index in [1.165, 1.54) is 18.5 Å². The summed E-state index contributed by atoms with van der Waals surface area (Å²) in [6, 6.07) is 4.21. The molecule has 0 bridgehead atoms. The highest BCUT2D eigenvalue weighted by molar-refractivity contribution is 5.96. The van der Waals surface area contributed by atoms with Crippen LogP contribution in [0.15, 0.2) is 24.5 Å². The normalized spacial score (nSPS) is 25.0. The van der Waals surface area contributed by atoms with E-state index in [2.05, 4.69) is 33.6 Å². The smallest absolute Gasteiger partial charge is 0.382 e. The lowest BCUT2D eigenvalue weighted by Crippen LogP contribution is -2.62. The summed E-state index contributed by atoms with van der Waals surface area (Å²) in [5, 5.41) is 0. The number of aryl methyl sites for hydroxylation is 2. The zero-order valence-corrected chi connectivity index (χ0v) is 25.2. The molecule has 11 heteroatoms. The molecule has 0 radical (unpaired) electrons. The average Bonchev–Trinajstić information content (AvgIpc) is 3.30. The van der Waals surface area contributed by atoms with Gasteiger partial charge in [0.2, 0.25) is 0 Å². The number of halogens is 3. The minimum atomic E-state index is -4.37. The van der Waals surface area contributed by atoms with E-state index in [-0.39, 0.29) is 29.6 Å². The number of hydrogen-bond donors (Lipinski definition) is 0. The maximum Gasteiger partial charge on any atom is 0.416 e. The average molecular weight is 590 g/mol. The molecule has 3 atom stereocenters. The third kappa shape index (κ3) is 6.06. The Hall–Kier alpha value is -2.60. The predicted molar refractivity (Wildman–Crippen MR) is 152 cm³/mol. The molecule has 3 heterocycles. The van der Waals surface area contributed by atoms with Crippen LogP contribution < -0.4 is 0 Å². The van der Waals surface area contributed by atoms with E-state index >= 15 is 0 Å². The van der Waals surface area contributed by atoms with Crippen molar-refractivity contribution in [2.24, 2.45) is 0 Å². The molecule has 2 saturated heterocycles. The van der Waals surface area contributed by atoms with Crippen LogP contribution >= 0.6 is 0 Å². The zero-order chi connectivity index (χ0) is 30.2. The molecular formula is C31H42F3N5O3. The number of amides is 1. The molecule has 1 aliphatic carbocycles. The van der Waals surface area contributed by atoms with Crippen LogP contribution in [0.25, 0.3) is 0 Å². The van der Waals surface area contributed by atoms with Gasteiger partial charge in [0.15, 0.2) is 0 Å². The second-order valence-corrected chi connectivity index (χ2v) is 12.2. The fraction of sp³-hybridized carbons (Fsp3) is 0.645. The monoisotopic (exact) mass is 589 g/mol. The Bertz CT molecular complexity index is 1260. The molecule has 1 amide bonds. The van der Waals surface area contributed by atoms with Gasteiger partial charge in [-0.15, -0.1) is 0 Å². The van der Waals surface area contributed by atoms with Crippen molar-refractivity contribution >= 4 is 5.91 Å². The molecule has 0 spiro atoms. The van der Waals surface area contributed by atoms with E-state index in [0.717, 1.165) is 38.0 Å². The Balaban J connectivity index is 1.27. The number of alkyl halides is 3. The number of nitrogens with zero attached hydrogens (tertiary/aromatic N) is 5. The summed E-state index contributed by atoms with van der Waals surface area (Å²) in [4.78, 5) is 28.6. The number of likely N-dealkylation sites (tertiary alicyclic amines) is 1. The Morgan fingerprint density at radius 3 is 2.38 bits per heavy atom. The van der Waals surface area contributed by atoms with Gasteiger partial charge in [-0.05, 0) is 63.8 Å². The summed E-state index contributed by atoms with van der Waals surface area (Å²) in [7, 11) is 1.61. The third-order valence-corrected chi connectivity index (χ3v) is 9.55. The summed E-state index contributed by atoms with van der Waals surface area (Å²) < 4.78 is 51.8. The molecule has 0 saturated carbocycles. The number of benzene rings is 1. The van der Waals surface area contributed by atoms with Crippen molar-refractivity contribution in [2.75, 3.05) is 53.0 Å². The number of aromatic nitrogens is 2. The SMILES string of the molecule is COCCO[C@H]1Cc2cc(C(F)(F)F)ccc2[C@H]1N1CCN(C2(C)CCN(C(=O)c3c(C)ncnc3C)CC2)C[C@@H]1C. The quantitative estimate of drug-likeness (QED) is 0.443. The van der Waals surface area contributed by atoms with Gasteiger partial charge in [0.25, 0.3) is 5.91 Å². The molecule has 5 rings (SSSR count). The Labute approximate surface area is 246 Å². The minimum Gasteiger partial charge on any atom is -0.382 e. The van der Waals surface area contributed by atoms with Gasteiger partial charge in [-0.1, -0.05) is 6.07 Å². The fourth-order valence-electron chi connectivity index (χ4n) is 7.04. The van der Waals surface area contributed by atoms with E-state index in [9.17, 15) is 18.0 Å². The number of piperazine rings is 1. The molecule has 8 nitrogen and oxygen atoms in total. The number of ether oxygens (including phenoxy) is 2. The van der Waals surface area contributed by atoms with Crippen LogP contribution in [0.1, 0.15) is 71.2 Å². The van der Waals surface area contributed by atoms with Crippen LogP contribution in [0.3, 0.4) is 0 Å². The summed E-state index contributed by atoms with van der Waals surface area (Å²) in [5.74, 6) is -0.000989. The lowest BCUT2D eigenvalue weighted by atomic mass is 9.86. The molecule has 42 heavy (non-hydrogen) atoms. The fourth-order valence-corrected chi connectivity index (χ4v) is 7.04. The molecule has 1 aromatic heterocycles. The first-order chi connectivity index (χ1) is 19.9. The number of fused-ring (bicyclic) bond motifs is 1. The van der Waals surface area contributed by atoms with Crippen molar-refractivity contribution in [3.8, 4) is 0 Å². The van der Waals surface area contributed by atoms with Crippen LogP contribution in [0.2, 0.25) is 0 Å². The summed E-state index contributed by atoms with van der Waals surface area (Å²) in [6.07, 6.45) is -0.924. The first kappa shape index (κ1) is 30.8. The van der Waals surface area contributed by atoms with Crippen LogP contribution in [0.5, 0.6) is 0 Å². The van der Waals surface area contributed by atoms with Gasteiger partial charge >= 0.3 is 6.18 Å². The molecule has 2 aromatic rings. The first-order valence-electron chi connectivity index (χ1n) is 14.8. The van der Waals surface area contributed by atoms with Gasteiger partial charge in [0.05, 0.1) is 47.9 Å². The van der Waals surface area contributed by atoms with Gasteiger partial charge in [-0.3, -0.25) is 14.6 Å². The maximum absolute atomic E-state index is 13.5. The van der Waals surface area contributed by atoms with E-state index in [1.54, 1.807) is 13.2 Å². The largest absolute Gasteiger partial charge is 0.416 e. The van der Waals surface area contributed by atoms with Crippen molar-refractivity contribution in [1.82, 2.24) is 24.7 Å². The second kappa shape index (κ2) is 12.2. The Morgan fingerprint density at radius 1 is 1.07 bits per heavy atom. The number of carbonyl (C=O) groups is 1. The highest BCUT2D eigenvalue weighted by Crippen LogP contribution is 2.43. The van der Waals surface area contributed by atoms with Gasteiger partial charge in [0, 0.05) is 57.8 Å². The lowest BCUT2D eigenvalue weighted by molar-refractivity contribution is -0.137. The summed E-state index contributed by atoms with van der Waals surface area (Å²) in [6.45, 7) is 12.8. The molecule has 0 N–H and O–H groups in total. The second-order valence-electron chi connectivity index (χ2n) is 12.2. The maximum atomic E-state index is 13.5. The Morgan fingerprint density at radius 2 is 1.76 bits per heavy atom. The molecule has 1 aromatic carbocycles. The zero-order valence-electron chi connectivity index (χ0n) is 25.2. The van der Waals surface area contributed by atoms with Gasteiger partial charge in [-0.25, -0.2) is 9.97 Å². The molecule has 2 fully saturated rings. The standard InChI is InChI=1S/C31H42F3N5O3/c1-20-18-38(30(4)8-10-37(11-9-30)29(40)27-21(2)35-19-36-22(27)3)12-13-39(20)28-25-7-6-24(31(32,33)34)16-23(25)17-26(28)42-15-14-41-5/h6-7,16,19-20,26,28H,8-15,17-18H2,1-5H3/t20-,26-,28+/m0/s1. The van der Waals surface area contributed by atoms with Crippen molar-refractivity contribution in [3.63, 3.8) is 0 Å². The van der Waals surface area contributed by atoms with E-state index < -0.39 is 11.7 Å². The molecule has 2 aliphatic heterocycles. The van der Waals surface area contributed by atoms with E-state index in [4.69, 9.17) is 9.47 Å². The number of hydrogen-bond acceptors (Lipinski definition) is 7. The predicted octanol–water partition coefficient (Wildman–Crippen LogP) is 4.44. The van der Waals surface area contributed by atoms with E-state index in [0.29, 0.717) is 55.2 Å². The molecule has 3 aliphatic rings. The topological polar surface area (TPSA) is 71.0 Å². The molecular weight excluding hydrogens is 547 g/mol.